The third-order valence-corrected chi connectivity index (χ3v) is 4.95. The Morgan fingerprint density at radius 1 is 1.25 bits per heavy atom. The number of piperazine rings is 1. The molecule has 2 unspecified atom stereocenters. The molecule has 20 heavy (non-hydrogen) atoms. The Bertz CT molecular complexity index is 436. The number of rotatable bonds is 4. The van der Waals surface area contributed by atoms with Gasteiger partial charge in [0.25, 0.3) is 0 Å². The average molecular weight is 272 g/mol. The molecule has 1 N–H and O–H groups in total. The molecule has 1 aromatic carbocycles. The zero-order valence-corrected chi connectivity index (χ0v) is 13.1. The first-order valence-corrected chi connectivity index (χ1v) is 8.09. The van der Waals surface area contributed by atoms with E-state index in [0.717, 1.165) is 24.9 Å². The van der Waals surface area contributed by atoms with Crippen LogP contribution in [0.2, 0.25) is 0 Å². The fourth-order valence-electron chi connectivity index (χ4n) is 3.56. The van der Waals surface area contributed by atoms with Crippen LogP contribution in [0.15, 0.2) is 30.3 Å². The maximum atomic E-state index is 3.71. The van der Waals surface area contributed by atoms with E-state index >= 15 is 0 Å². The van der Waals surface area contributed by atoms with Gasteiger partial charge in [-0.05, 0) is 44.1 Å². The Kier molecular flexibility index (Phi) is 3.87. The SMILES string of the molecule is CC(CN1CC(C)(C)NCC1c1ccccc1)C1CC1. The summed E-state index contributed by atoms with van der Waals surface area (Å²) in [5, 5.41) is 3.71. The average Bonchev–Trinajstić information content (AvgIpc) is 3.23. The molecular weight excluding hydrogens is 244 g/mol. The molecule has 1 heterocycles. The van der Waals surface area contributed by atoms with Crippen LogP contribution in [0.25, 0.3) is 0 Å². The molecule has 2 fully saturated rings. The van der Waals surface area contributed by atoms with E-state index in [-0.39, 0.29) is 5.54 Å². The number of nitrogens with zero attached hydrogens (tertiary/aromatic N) is 1. The monoisotopic (exact) mass is 272 g/mol. The van der Waals surface area contributed by atoms with Gasteiger partial charge in [0.15, 0.2) is 0 Å². The molecule has 0 amide bonds. The normalized spacial score (nSPS) is 28.2. The van der Waals surface area contributed by atoms with Crippen LogP contribution in [0.3, 0.4) is 0 Å². The molecule has 1 saturated carbocycles. The maximum Gasteiger partial charge on any atom is 0.0473 e. The lowest BCUT2D eigenvalue weighted by molar-refractivity contribution is 0.0778. The van der Waals surface area contributed by atoms with Gasteiger partial charge in [0.05, 0.1) is 0 Å². The van der Waals surface area contributed by atoms with Crippen LogP contribution in [0.5, 0.6) is 0 Å². The third kappa shape index (κ3) is 3.24. The lowest BCUT2D eigenvalue weighted by atomic mass is 9.93. The summed E-state index contributed by atoms with van der Waals surface area (Å²) in [4.78, 5) is 2.72. The predicted octanol–water partition coefficient (Wildman–Crippen LogP) is 3.46. The van der Waals surface area contributed by atoms with E-state index in [1.54, 1.807) is 0 Å². The minimum absolute atomic E-state index is 0.231. The van der Waals surface area contributed by atoms with Crippen molar-refractivity contribution in [2.75, 3.05) is 19.6 Å². The summed E-state index contributed by atoms with van der Waals surface area (Å²) >= 11 is 0. The van der Waals surface area contributed by atoms with Gasteiger partial charge < -0.3 is 5.32 Å². The number of hydrogen-bond acceptors (Lipinski definition) is 2. The van der Waals surface area contributed by atoms with Gasteiger partial charge in [-0.2, -0.15) is 0 Å². The largest absolute Gasteiger partial charge is 0.309 e. The molecule has 1 aliphatic heterocycles. The zero-order chi connectivity index (χ0) is 14.2. The van der Waals surface area contributed by atoms with Crippen LogP contribution in [0.4, 0.5) is 0 Å². The van der Waals surface area contributed by atoms with Gasteiger partial charge in [-0.1, -0.05) is 37.3 Å². The van der Waals surface area contributed by atoms with Crippen molar-refractivity contribution >= 4 is 0 Å². The second-order valence-corrected chi connectivity index (χ2v) is 7.44. The van der Waals surface area contributed by atoms with Crippen molar-refractivity contribution in [3.63, 3.8) is 0 Å². The van der Waals surface area contributed by atoms with Crippen molar-refractivity contribution in [2.45, 2.75) is 45.2 Å². The van der Waals surface area contributed by atoms with Crippen molar-refractivity contribution in [1.29, 1.82) is 0 Å². The van der Waals surface area contributed by atoms with Gasteiger partial charge in [0.1, 0.15) is 0 Å². The van der Waals surface area contributed by atoms with Crippen molar-refractivity contribution in [3.8, 4) is 0 Å². The second kappa shape index (κ2) is 5.50. The molecule has 0 radical (unpaired) electrons. The van der Waals surface area contributed by atoms with E-state index < -0.39 is 0 Å². The standard InChI is InChI=1S/C18H28N2/c1-14(15-9-10-15)12-20-13-18(2,3)19-11-17(20)16-7-5-4-6-8-16/h4-8,14-15,17,19H,9-13H2,1-3H3. The highest BCUT2D eigenvalue weighted by molar-refractivity contribution is 5.20. The highest BCUT2D eigenvalue weighted by Crippen LogP contribution is 2.38. The molecule has 0 bridgehead atoms. The Labute approximate surface area is 123 Å². The molecule has 0 aromatic heterocycles. The van der Waals surface area contributed by atoms with Crippen molar-refractivity contribution < 1.29 is 0 Å². The summed E-state index contributed by atoms with van der Waals surface area (Å²) < 4.78 is 0. The quantitative estimate of drug-likeness (QED) is 0.903. The summed E-state index contributed by atoms with van der Waals surface area (Å²) in [6.07, 6.45) is 2.90. The summed E-state index contributed by atoms with van der Waals surface area (Å²) in [6, 6.07) is 11.5. The highest BCUT2D eigenvalue weighted by Gasteiger charge is 2.36. The molecule has 110 valence electrons. The molecule has 1 aromatic rings. The zero-order valence-electron chi connectivity index (χ0n) is 13.1. The first-order chi connectivity index (χ1) is 9.55. The molecule has 2 aliphatic rings. The molecule has 1 saturated heterocycles. The van der Waals surface area contributed by atoms with Gasteiger partial charge in [-0.25, -0.2) is 0 Å². The molecule has 2 heteroatoms. The Balaban J connectivity index is 1.75. The van der Waals surface area contributed by atoms with Gasteiger partial charge in [0.2, 0.25) is 0 Å². The molecule has 2 atom stereocenters. The van der Waals surface area contributed by atoms with Gasteiger partial charge in [-0.3, -0.25) is 4.90 Å². The first kappa shape index (κ1) is 14.1. The molecule has 3 rings (SSSR count). The van der Waals surface area contributed by atoms with E-state index in [2.05, 4.69) is 61.3 Å². The van der Waals surface area contributed by atoms with Crippen LogP contribution in [0.1, 0.15) is 45.2 Å². The van der Waals surface area contributed by atoms with Crippen molar-refractivity contribution in [1.82, 2.24) is 10.2 Å². The Hall–Kier alpha value is -0.860. The smallest absolute Gasteiger partial charge is 0.0473 e. The highest BCUT2D eigenvalue weighted by atomic mass is 15.2. The first-order valence-electron chi connectivity index (χ1n) is 8.09. The lowest BCUT2D eigenvalue weighted by Crippen LogP contribution is -2.58. The van der Waals surface area contributed by atoms with Crippen LogP contribution in [-0.2, 0) is 0 Å². The van der Waals surface area contributed by atoms with Crippen molar-refractivity contribution in [2.24, 2.45) is 11.8 Å². The second-order valence-electron chi connectivity index (χ2n) is 7.44. The van der Waals surface area contributed by atoms with Gasteiger partial charge >= 0.3 is 0 Å². The summed E-state index contributed by atoms with van der Waals surface area (Å²) in [7, 11) is 0. The predicted molar refractivity (Wildman–Crippen MR) is 84.7 cm³/mol. The van der Waals surface area contributed by atoms with E-state index in [9.17, 15) is 0 Å². The topological polar surface area (TPSA) is 15.3 Å². The van der Waals surface area contributed by atoms with E-state index in [0.29, 0.717) is 6.04 Å². The lowest BCUT2D eigenvalue weighted by Gasteiger charge is -2.45. The molecule has 2 nitrogen and oxygen atoms in total. The maximum absolute atomic E-state index is 3.71. The van der Waals surface area contributed by atoms with Crippen LogP contribution in [-0.4, -0.2) is 30.1 Å². The van der Waals surface area contributed by atoms with Gasteiger partial charge in [-0.15, -0.1) is 0 Å². The molecule has 0 spiro atoms. The minimum Gasteiger partial charge on any atom is -0.309 e. The van der Waals surface area contributed by atoms with Crippen LogP contribution in [0, 0.1) is 11.8 Å². The van der Waals surface area contributed by atoms with E-state index in [1.807, 2.05) is 0 Å². The fraction of sp³-hybridized carbons (Fsp3) is 0.667. The summed E-state index contributed by atoms with van der Waals surface area (Å²) in [5.74, 6) is 1.83. The summed E-state index contributed by atoms with van der Waals surface area (Å²) in [5.41, 5.74) is 1.69. The minimum atomic E-state index is 0.231. The number of benzene rings is 1. The van der Waals surface area contributed by atoms with E-state index in [4.69, 9.17) is 0 Å². The molecular formula is C18H28N2. The number of nitrogens with one attached hydrogen (secondary N) is 1. The third-order valence-electron chi connectivity index (χ3n) is 4.95. The Morgan fingerprint density at radius 2 is 1.95 bits per heavy atom. The fourth-order valence-corrected chi connectivity index (χ4v) is 3.56. The Morgan fingerprint density at radius 3 is 2.60 bits per heavy atom. The number of hydrogen-bond donors (Lipinski definition) is 1. The van der Waals surface area contributed by atoms with Crippen molar-refractivity contribution in [3.05, 3.63) is 35.9 Å². The van der Waals surface area contributed by atoms with Crippen LogP contribution >= 0.6 is 0 Å². The van der Waals surface area contributed by atoms with Gasteiger partial charge in [0, 0.05) is 31.2 Å². The van der Waals surface area contributed by atoms with E-state index in [1.165, 1.54) is 24.9 Å². The summed E-state index contributed by atoms with van der Waals surface area (Å²) in [6.45, 7) is 10.5. The van der Waals surface area contributed by atoms with Crippen LogP contribution < -0.4 is 5.32 Å². The molecule has 1 aliphatic carbocycles.